The molecule has 0 saturated heterocycles. The predicted molar refractivity (Wildman–Crippen MR) is 91.7 cm³/mol. The van der Waals surface area contributed by atoms with Crippen molar-refractivity contribution >= 4 is 0 Å². The van der Waals surface area contributed by atoms with Crippen molar-refractivity contribution in [1.29, 1.82) is 0 Å². The van der Waals surface area contributed by atoms with Crippen LogP contribution >= 0.6 is 0 Å². The molecule has 1 rings (SSSR count). The third-order valence-electron chi connectivity index (χ3n) is 3.88. The van der Waals surface area contributed by atoms with Gasteiger partial charge in [-0.1, -0.05) is 58.4 Å². The van der Waals surface area contributed by atoms with Gasteiger partial charge in [-0.25, -0.2) is 0 Å². The molecule has 0 bridgehead atoms. The van der Waals surface area contributed by atoms with Gasteiger partial charge >= 0.3 is 0 Å². The summed E-state index contributed by atoms with van der Waals surface area (Å²) in [7, 11) is 0. The zero-order valence-corrected chi connectivity index (χ0v) is 14.3. The van der Waals surface area contributed by atoms with Crippen LogP contribution in [0.3, 0.4) is 0 Å². The molecule has 1 aromatic rings. The molecule has 2 unspecified atom stereocenters. The molecular weight excluding hydrogens is 258 g/mol. The molecule has 21 heavy (non-hydrogen) atoms. The fourth-order valence-corrected chi connectivity index (χ4v) is 2.51. The van der Waals surface area contributed by atoms with Crippen LogP contribution in [0.25, 0.3) is 0 Å². The van der Waals surface area contributed by atoms with E-state index in [4.69, 9.17) is 4.74 Å². The first-order valence-electron chi connectivity index (χ1n) is 8.54. The van der Waals surface area contributed by atoms with Gasteiger partial charge in [-0.3, -0.25) is 0 Å². The maximum atomic E-state index is 5.80. The molecular formula is C19H33NO. The monoisotopic (exact) mass is 291 g/mol. The molecule has 0 fully saturated rings. The average Bonchev–Trinajstić information content (AvgIpc) is 2.48. The van der Waals surface area contributed by atoms with Gasteiger partial charge in [0.1, 0.15) is 0 Å². The summed E-state index contributed by atoms with van der Waals surface area (Å²) in [5, 5.41) is 3.48. The van der Waals surface area contributed by atoms with E-state index in [1.165, 1.54) is 30.4 Å². The molecule has 1 aromatic carbocycles. The molecule has 0 aliphatic carbocycles. The highest BCUT2D eigenvalue weighted by Crippen LogP contribution is 2.16. The third-order valence-corrected chi connectivity index (χ3v) is 3.88. The summed E-state index contributed by atoms with van der Waals surface area (Å²) in [6.45, 7) is 12.7. The van der Waals surface area contributed by atoms with E-state index in [1.807, 2.05) is 0 Å². The van der Waals surface area contributed by atoms with Gasteiger partial charge in [0.25, 0.3) is 0 Å². The van der Waals surface area contributed by atoms with Gasteiger partial charge in [-0.05, 0) is 42.3 Å². The fourth-order valence-electron chi connectivity index (χ4n) is 2.51. The lowest BCUT2D eigenvalue weighted by molar-refractivity contribution is 0.0893. The number of benzene rings is 1. The molecule has 2 heteroatoms. The topological polar surface area (TPSA) is 21.3 Å². The van der Waals surface area contributed by atoms with Crippen molar-refractivity contribution in [3.63, 3.8) is 0 Å². The Kier molecular flexibility index (Phi) is 9.36. The Balaban J connectivity index is 2.32. The highest BCUT2D eigenvalue weighted by molar-refractivity contribution is 5.24. The normalized spacial score (nSPS) is 14.1. The lowest BCUT2D eigenvalue weighted by atomic mass is 10.00. The van der Waals surface area contributed by atoms with Gasteiger partial charge < -0.3 is 10.1 Å². The number of ether oxygens (including phenoxy) is 1. The molecule has 0 heterocycles. The number of nitrogens with one attached hydrogen (secondary N) is 1. The van der Waals surface area contributed by atoms with E-state index in [9.17, 15) is 0 Å². The standard InChI is InChI=1S/C19H33NO/c1-5-7-16(3)14-21-15-18-8-10-19(11-9-18)17(4)13-20-12-6-2/h8-11,16-17,20H,5-7,12-15H2,1-4H3. The van der Waals surface area contributed by atoms with Gasteiger partial charge in [0.05, 0.1) is 6.61 Å². The van der Waals surface area contributed by atoms with Crippen LogP contribution in [0.4, 0.5) is 0 Å². The second-order valence-corrected chi connectivity index (χ2v) is 6.26. The predicted octanol–water partition coefficient (Wildman–Crippen LogP) is 4.74. The van der Waals surface area contributed by atoms with Crippen LogP contribution in [0.1, 0.15) is 64.0 Å². The van der Waals surface area contributed by atoms with Crippen molar-refractivity contribution < 1.29 is 4.74 Å². The lowest BCUT2D eigenvalue weighted by Gasteiger charge is -2.14. The third kappa shape index (κ3) is 7.63. The molecule has 2 nitrogen and oxygen atoms in total. The smallest absolute Gasteiger partial charge is 0.0717 e. The van der Waals surface area contributed by atoms with Gasteiger partial charge in [-0.2, -0.15) is 0 Å². The molecule has 2 atom stereocenters. The molecule has 120 valence electrons. The van der Waals surface area contributed by atoms with Gasteiger partial charge in [-0.15, -0.1) is 0 Å². The van der Waals surface area contributed by atoms with E-state index in [0.29, 0.717) is 11.8 Å². The minimum atomic E-state index is 0.566. The number of hydrogen-bond acceptors (Lipinski definition) is 2. The summed E-state index contributed by atoms with van der Waals surface area (Å²) in [5.41, 5.74) is 2.68. The van der Waals surface area contributed by atoms with Gasteiger partial charge in [0, 0.05) is 13.2 Å². The summed E-state index contributed by atoms with van der Waals surface area (Å²) in [5.74, 6) is 1.23. The minimum absolute atomic E-state index is 0.566. The van der Waals surface area contributed by atoms with Crippen LogP contribution < -0.4 is 5.32 Å². The van der Waals surface area contributed by atoms with E-state index in [-0.39, 0.29) is 0 Å². The maximum absolute atomic E-state index is 5.80. The fraction of sp³-hybridized carbons (Fsp3) is 0.684. The molecule has 0 radical (unpaired) electrons. The average molecular weight is 291 g/mol. The van der Waals surface area contributed by atoms with E-state index in [2.05, 4.69) is 57.3 Å². The van der Waals surface area contributed by atoms with E-state index < -0.39 is 0 Å². The van der Waals surface area contributed by atoms with Crippen LogP contribution in [-0.2, 0) is 11.3 Å². The molecule has 0 amide bonds. The van der Waals surface area contributed by atoms with Crippen LogP contribution in [-0.4, -0.2) is 19.7 Å². The zero-order chi connectivity index (χ0) is 15.5. The molecule has 0 saturated carbocycles. The lowest BCUT2D eigenvalue weighted by Crippen LogP contribution is -2.20. The Morgan fingerprint density at radius 3 is 2.38 bits per heavy atom. The molecule has 0 aliphatic rings. The van der Waals surface area contributed by atoms with Crippen molar-refractivity contribution in [2.24, 2.45) is 5.92 Å². The molecule has 0 spiro atoms. The van der Waals surface area contributed by atoms with Crippen LogP contribution in [0.2, 0.25) is 0 Å². The molecule has 0 aliphatic heterocycles. The zero-order valence-electron chi connectivity index (χ0n) is 14.3. The Hall–Kier alpha value is -0.860. The highest BCUT2D eigenvalue weighted by atomic mass is 16.5. The van der Waals surface area contributed by atoms with Crippen molar-refractivity contribution in [3.8, 4) is 0 Å². The first-order valence-corrected chi connectivity index (χ1v) is 8.54. The van der Waals surface area contributed by atoms with Gasteiger partial charge in [0.15, 0.2) is 0 Å². The first-order chi connectivity index (χ1) is 10.2. The van der Waals surface area contributed by atoms with Crippen LogP contribution in [0.15, 0.2) is 24.3 Å². The summed E-state index contributed by atoms with van der Waals surface area (Å²) >= 11 is 0. The summed E-state index contributed by atoms with van der Waals surface area (Å²) in [4.78, 5) is 0. The molecule has 1 N–H and O–H groups in total. The summed E-state index contributed by atoms with van der Waals surface area (Å²) in [6, 6.07) is 8.89. The van der Waals surface area contributed by atoms with Gasteiger partial charge in [0.2, 0.25) is 0 Å². The van der Waals surface area contributed by atoms with E-state index in [0.717, 1.165) is 26.3 Å². The Labute approximate surface area is 131 Å². The molecule has 0 aromatic heterocycles. The largest absolute Gasteiger partial charge is 0.376 e. The van der Waals surface area contributed by atoms with E-state index >= 15 is 0 Å². The Morgan fingerprint density at radius 1 is 1.05 bits per heavy atom. The van der Waals surface area contributed by atoms with E-state index in [1.54, 1.807) is 0 Å². The van der Waals surface area contributed by atoms with Crippen LogP contribution in [0, 0.1) is 5.92 Å². The maximum Gasteiger partial charge on any atom is 0.0717 e. The number of rotatable bonds is 11. The quantitative estimate of drug-likeness (QED) is 0.594. The summed E-state index contributed by atoms with van der Waals surface area (Å²) < 4.78 is 5.80. The Bertz CT molecular complexity index is 360. The minimum Gasteiger partial charge on any atom is -0.376 e. The SMILES string of the molecule is CCCNCC(C)c1ccc(COCC(C)CCC)cc1. The Morgan fingerprint density at radius 2 is 1.76 bits per heavy atom. The number of hydrogen-bond donors (Lipinski definition) is 1. The summed E-state index contributed by atoms with van der Waals surface area (Å²) in [6.07, 6.45) is 3.68. The van der Waals surface area contributed by atoms with Crippen LogP contribution in [0.5, 0.6) is 0 Å². The van der Waals surface area contributed by atoms with Crippen molar-refractivity contribution in [3.05, 3.63) is 35.4 Å². The second kappa shape index (κ2) is 10.8. The van der Waals surface area contributed by atoms with Crippen molar-refractivity contribution in [2.75, 3.05) is 19.7 Å². The highest BCUT2D eigenvalue weighted by Gasteiger charge is 2.05. The van der Waals surface area contributed by atoms with Crippen molar-refractivity contribution in [2.45, 2.75) is 59.5 Å². The van der Waals surface area contributed by atoms with Crippen molar-refractivity contribution in [1.82, 2.24) is 5.32 Å². The second-order valence-electron chi connectivity index (χ2n) is 6.26. The first kappa shape index (κ1) is 18.2.